The van der Waals surface area contributed by atoms with Crippen LogP contribution in [0.15, 0.2) is 48.5 Å². The van der Waals surface area contributed by atoms with Crippen LogP contribution in [0.1, 0.15) is 24.5 Å². The van der Waals surface area contributed by atoms with E-state index >= 15 is 0 Å². The van der Waals surface area contributed by atoms with Crippen LogP contribution in [0.25, 0.3) is 0 Å². The Balaban J connectivity index is 1.71. The Morgan fingerprint density at radius 1 is 1.00 bits per heavy atom. The van der Waals surface area contributed by atoms with Gasteiger partial charge in [-0.25, -0.2) is 4.79 Å². The predicted molar refractivity (Wildman–Crippen MR) is 98.7 cm³/mol. The van der Waals surface area contributed by atoms with Crippen molar-refractivity contribution in [2.24, 2.45) is 0 Å². The van der Waals surface area contributed by atoms with Crippen LogP contribution in [0.3, 0.4) is 0 Å². The van der Waals surface area contributed by atoms with Crippen LogP contribution in [-0.2, 0) is 17.8 Å². The minimum Gasteiger partial charge on any atom is -0.323 e. The number of aryl methyl sites for hydroxylation is 1. The van der Waals surface area contributed by atoms with Crippen LogP contribution >= 0.6 is 23.2 Å². The first-order chi connectivity index (χ1) is 11.9. The summed E-state index contributed by atoms with van der Waals surface area (Å²) in [6.45, 7) is 1.94. The van der Waals surface area contributed by atoms with E-state index in [1.807, 2.05) is 30.3 Å². The van der Waals surface area contributed by atoms with Gasteiger partial charge in [0.2, 0.25) is 0 Å². The largest absolute Gasteiger partial charge is 0.325 e. The number of nitrogens with zero attached hydrogens (tertiary/aromatic N) is 1. The maximum atomic E-state index is 12.8. The second-order valence-corrected chi connectivity index (χ2v) is 7.20. The van der Waals surface area contributed by atoms with Gasteiger partial charge in [0, 0.05) is 0 Å². The zero-order valence-electron chi connectivity index (χ0n) is 13.8. The van der Waals surface area contributed by atoms with Gasteiger partial charge in [-0.1, -0.05) is 59.6 Å². The third-order valence-corrected chi connectivity index (χ3v) is 5.17. The average molecular weight is 377 g/mol. The first-order valence-electron chi connectivity index (χ1n) is 8.01. The Hall–Kier alpha value is -2.04. The number of nitrogens with one attached hydrogen (secondary N) is 1. The molecule has 0 aliphatic carbocycles. The lowest BCUT2D eigenvalue weighted by Crippen LogP contribution is -2.44. The lowest BCUT2D eigenvalue weighted by atomic mass is 9.93. The molecule has 4 nitrogen and oxygen atoms in total. The molecule has 1 atom stereocenters. The Morgan fingerprint density at radius 2 is 1.72 bits per heavy atom. The van der Waals surface area contributed by atoms with Gasteiger partial charge in [0.25, 0.3) is 5.91 Å². The summed E-state index contributed by atoms with van der Waals surface area (Å²) >= 11 is 11.9. The van der Waals surface area contributed by atoms with Crippen LogP contribution in [0.2, 0.25) is 10.0 Å². The molecule has 1 saturated heterocycles. The zero-order chi connectivity index (χ0) is 18.0. The average Bonchev–Trinajstić information content (AvgIpc) is 2.81. The summed E-state index contributed by atoms with van der Waals surface area (Å²) in [6.07, 6.45) is 1.25. The molecular formula is C19H18Cl2N2O2. The minimum atomic E-state index is -0.900. The van der Waals surface area contributed by atoms with Crippen molar-refractivity contribution in [3.8, 4) is 0 Å². The van der Waals surface area contributed by atoms with Crippen molar-refractivity contribution >= 4 is 35.1 Å². The van der Waals surface area contributed by atoms with Crippen molar-refractivity contribution in [1.82, 2.24) is 10.2 Å². The highest BCUT2D eigenvalue weighted by atomic mass is 35.5. The van der Waals surface area contributed by atoms with Crippen molar-refractivity contribution in [3.05, 3.63) is 69.7 Å². The lowest BCUT2D eigenvalue weighted by molar-refractivity contribution is -0.131. The van der Waals surface area contributed by atoms with E-state index in [4.69, 9.17) is 23.2 Å². The molecule has 3 amide bonds. The SMILES string of the molecule is C[C@]1(CCc2ccccc2)NC(=O)N(Cc2ccc(Cl)c(Cl)c2)C1=O. The monoisotopic (exact) mass is 376 g/mol. The number of carbonyl (C=O) groups excluding carboxylic acids is 2. The van der Waals surface area contributed by atoms with Crippen LogP contribution in [0.4, 0.5) is 4.79 Å². The minimum absolute atomic E-state index is 0.169. The summed E-state index contributed by atoms with van der Waals surface area (Å²) in [4.78, 5) is 26.3. The second-order valence-electron chi connectivity index (χ2n) is 6.39. The number of imide groups is 1. The summed E-state index contributed by atoms with van der Waals surface area (Å²) in [5.41, 5.74) is 0.988. The Bertz CT molecular complexity index is 810. The van der Waals surface area contributed by atoms with E-state index in [2.05, 4.69) is 5.32 Å². The fourth-order valence-corrected chi connectivity index (χ4v) is 3.24. The van der Waals surface area contributed by atoms with Crippen molar-refractivity contribution in [3.63, 3.8) is 0 Å². The van der Waals surface area contributed by atoms with Crippen LogP contribution in [0.5, 0.6) is 0 Å². The third kappa shape index (κ3) is 3.80. The molecule has 1 aliphatic heterocycles. The number of halogens is 2. The van der Waals surface area contributed by atoms with Gasteiger partial charge < -0.3 is 5.32 Å². The van der Waals surface area contributed by atoms with Gasteiger partial charge >= 0.3 is 6.03 Å². The Morgan fingerprint density at radius 3 is 2.40 bits per heavy atom. The Kier molecular flexibility index (Phi) is 5.02. The number of hydrogen-bond donors (Lipinski definition) is 1. The quantitative estimate of drug-likeness (QED) is 0.784. The lowest BCUT2D eigenvalue weighted by Gasteiger charge is -2.21. The van der Waals surface area contributed by atoms with Crippen molar-refractivity contribution in [1.29, 1.82) is 0 Å². The smallest absolute Gasteiger partial charge is 0.323 e. The Labute approximate surface area is 156 Å². The topological polar surface area (TPSA) is 49.4 Å². The summed E-state index contributed by atoms with van der Waals surface area (Å²) in [5, 5.41) is 3.67. The van der Waals surface area contributed by atoms with E-state index in [1.165, 1.54) is 4.90 Å². The number of carbonyl (C=O) groups is 2. The van der Waals surface area contributed by atoms with Gasteiger partial charge in [0.1, 0.15) is 5.54 Å². The number of benzene rings is 2. The first kappa shape index (κ1) is 17.8. The molecule has 2 aromatic carbocycles. The van der Waals surface area contributed by atoms with Crippen molar-refractivity contribution < 1.29 is 9.59 Å². The van der Waals surface area contributed by atoms with Gasteiger partial charge in [0.15, 0.2) is 0 Å². The molecule has 1 fully saturated rings. The molecule has 6 heteroatoms. The highest BCUT2D eigenvalue weighted by molar-refractivity contribution is 6.42. The van der Waals surface area contributed by atoms with Gasteiger partial charge in [-0.3, -0.25) is 9.69 Å². The summed E-state index contributed by atoms with van der Waals surface area (Å²) in [5.74, 6) is -0.223. The maximum Gasteiger partial charge on any atom is 0.325 e. The molecule has 2 aromatic rings. The van der Waals surface area contributed by atoms with E-state index in [-0.39, 0.29) is 18.5 Å². The summed E-state index contributed by atoms with van der Waals surface area (Å²) in [6, 6.07) is 14.6. The normalized spacial score (nSPS) is 20.0. The molecule has 25 heavy (non-hydrogen) atoms. The molecule has 0 saturated carbocycles. The molecule has 1 aliphatic rings. The molecular weight excluding hydrogens is 359 g/mol. The molecule has 0 aromatic heterocycles. The van der Waals surface area contributed by atoms with E-state index in [9.17, 15) is 9.59 Å². The number of hydrogen-bond acceptors (Lipinski definition) is 2. The fourth-order valence-electron chi connectivity index (χ4n) is 2.92. The van der Waals surface area contributed by atoms with Crippen LogP contribution < -0.4 is 5.32 Å². The molecule has 1 N–H and O–H groups in total. The van der Waals surface area contributed by atoms with Crippen molar-refractivity contribution in [2.45, 2.75) is 31.8 Å². The molecule has 0 spiro atoms. The predicted octanol–water partition coefficient (Wildman–Crippen LogP) is 4.44. The van der Waals surface area contributed by atoms with Gasteiger partial charge in [-0.15, -0.1) is 0 Å². The van der Waals surface area contributed by atoms with E-state index in [0.717, 1.165) is 11.1 Å². The van der Waals surface area contributed by atoms with Crippen molar-refractivity contribution in [2.75, 3.05) is 0 Å². The maximum absolute atomic E-state index is 12.8. The van der Waals surface area contributed by atoms with E-state index in [0.29, 0.717) is 22.9 Å². The summed E-state index contributed by atoms with van der Waals surface area (Å²) < 4.78 is 0. The number of amides is 3. The van der Waals surface area contributed by atoms with Gasteiger partial charge in [-0.2, -0.15) is 0 Å². The number of rotatable bonds is 5. The molecule has 0 radical (unpaired) electrons. The molecule has 1 heterocycles. The van der Waals surface area contributed by atoms with E-state index < -0.39 is 5.54 Å². The molecule has 0 unspecified atom stereocenters. The molecule has 3 rings (SSSR count). The van der Waals surface area contributed by atoms with Crippen LogP contribution in [0, 0.1) is 0 Å². The van der Waals surface area contributed by atoms with E-state index in [1.54, 1.807) is 25.1 Å². The number of urea groups is 1. The highest BCUT2D eigenvalue weighted by Gasteiger charge is 2.47. The standard InChI is InChI=1S/C19H18Cl2N2O2/c1-19(10-9-13-5-3-2-4-6-13)17(24)23(18(25)22-19)12-14-7-8-15(20)16(21)11-14/h2-8,11H,9-10,12H2,1H3,(H,22,25)/t19-/m1/s1. The fraction of sp³-hybridized carbons (Fsp3) is 0.263. The molecule has 0 bridgehead atoms. The zero-order valence-corrected chi connectivity index (χ0v) is 15.3. The third-order valence-electron chi connectivity index (χ3n) is 4.43. The summed E-state index contributed by atoms with van der Waals surface area (Å²) in [7, 11) is 0. The first-order valence-corrected chi connectivity index (χ1v) is 8.76. The molecule has 130 valence electrons. The highest BCUT2D eigenvalue weighted by Crippen LogP contribution is 2.27. The van der Waals surface area contributed by atoms with Gasteiger partial charge in [-0.05, 0) is 43.0 Å². The van der Waals surface area contributed by atoms with Crippen LogP contribution in [-0.4, -0.2) is 22.4 Å². The second kappa shape index (κ2) is 7.06. The van der Waals surface area contributed by atoms with Gasteiger partial charge in [0.05, 0.1) is 16.6 Å².